The zero-order valence-corrected chi connectivity index (χ0v) is 10.9. The molecule has 0 aliphatic carbocycles. The van der Waals surface area contributed by atoms with E-state index in [1.165, 1.54) is 32.2 Å². The van der Waals surface area contributed by atoms with E-state index in [1.54, 1.807) is 0 Å². The molecule has 1 aromatic rings. The average Bonchev–Trinajstić information content (AvgIpc) is 2.31. The Morgan fingerprint density at radius 2 is 2.12 bits per heavy atom. The molecule has 1 amide bonds. The van der Waals surface area contributed by atoms with Gasteiger partial charge in [-0.15, -0.1) is 0 Å². The molecule has 6 heteroatoms. The zero-order chi connectivity index (χ0) is 13.0. The zero-order valence-electron chi connectivity index (χ0n) is 9.29. The van der Waals surface area contributed by atoms with Crippen molar-refractivity contribution in [3.8, 4) is 0 Å². The molecular weight excluding hydrogens is 293 g/mol. The Balaban J connectivity index is 2.84. The van der Waals surface area contributed by atoms with E-state index in [0.717, 1.165) is 0 Å². The van der Waals surface area contributed by atoms with Gasteiger partial charge in [0.15, 0.2) is 0 Å². The smallest absolute Gasteiger partial charge is 0.328 e. The summed E-state index contributed by atoms with van der Waals surface area (Å²) in [5.74, 6) is -1.92. The number of hydrogen-bond acceptors (Lipinski definition) is 3. The maximum atomic E-state index is 13.6. The number of ether oxygens (including phenoxy) is 1. The van der Waals surface area contributed by atoms with Crippen molar-refractivity contribution in [3.05, 3.63) is 34.1 Å². The quantitative estimate of drug-likeness (QED) is 0.868. The number of benzene rings is 1. The first-order chi connectivity index (χ1) is 7.97. The molecule has 1 rings (SSSR count). The molecule has 0 spiro atoms. The van der Waals surface area contributed by atoms with Crippen LogP contribution in [0.25, 0.3) is 0 Å². The van der Waals surface area contributed by atoms with Gasteiger partial charge in [-0.3, -0.25) is 4.79 Å². The van der Waals surface area contributed by atoms with Gasteiger partial charge in [-0.05, 0) is 35.0 Å². The van der Waals surface area contributed by atoms with E-state index in [9.17, 15) is 14.0 Å². The number of nitrogens with one attached hydrogen (secondary N) is 1. The Morgan fingerprint density at radius 1 is 1.47 bits per heavy atom. The highest BCUT2D eigenvalue weighted by atomic mass is 79.9. The van der Waals surface area contributed by atoms with Crippen molar-refractivity contribution >= 4 is 27.8 Å². The second-order valence-electron chi connectivity index (χ2n) is 3.32. The van der Waals surface area contributed by atoms with Crippen molar-refractivity contribution in [2.24, 2.45) is 0 Å². The molecule has 1 aromatic carbocycles. The molecule has 0 fully saturated rings. The molecule has 0 unspecified atom stereocenters. The summed E-state index contributed by atoms with van der Waals surface area (Å²) in [7, 11) is 1.21. The van der Waals surface area contributed by atoms with Crippen LogP contribution in [0, 0.1) is 5.82 Å². The second-order valence-corrected chi connectivity index (χ2v) is 4.17. The van der Waals surface area contributed by atoms with Crippen LogP contribution < -0.4 is 5.32 Å². The Hall–Kier alpha value is -1.43. The van der Waals surface area contributed by atoms with Crippen LogP contribution in [0.15, 0.2) is 22.7 Å². The Kier molecular flexibility index (Phi) is 4.62. The van der Waals surface area contributed by atoms with Crippen LogP contribution in [0.3, 0.4) is 0 Å². The van der Waals surface area contributed by atoms with Crippen LogP contribution >= 0.6 is 15.9 Å². The molecule has 0 aromatic heterocycles. The fraction of sp³-hybridized carbons (Fsp3) is 0.273. The highest BCUT2D eigenvalue weighted by Gasteiger charge is 2.19. The van der Waals surface area contributed by atoms with Crippen molar-refractivity contribution in [1.82, 2.24) is 5.32 Å². The standard InChI is InChI=1S/C11H11BrFNO3/c1-6(11(16)17-2)14-10(15)7-4-3-5-8(12)9(7)13/h3-6H,1-2H3,(H,14,15)/t6-/m0/s1. The van der Waals surface area contributed by atoms with E-state index in [1.807, 2.05) is 0 Å². The summed E-state index contributed by atoms with van der Waals surface area (Å²) in [5.41, 5.74) is -0.130. The Labute approximate surface area is 106 Å². The van der Waals surface area contributed by atoms with Gasteiger partial charge < -0.3 is 10.1 Å². The first kappa shape index (κ1) is 13.6. The highest BCUT2D eigenvalue weighted by molar-refractivity contribution is 9.10. The van der Waals surface area contributed by atoms with Crippen LogP contribution in [0.5, 0.6) is 0 Å². The Bertz CT molecular complexity index is 450. The van der Waals surface area contributed by atoms with E-state index in [-0.39, 0.29) is 10.0 Å². The summed E-state index contributed by atoms with van der Waals surface area (Å²) in [4.78, 5) is 22.8. The number of esters is 1. The van der Waals surface area contributed by atoms with E-state index in [4.69, 9.17) is 0 Å². The number of hydrogen-bond donors (Lipinski definition) is 1. The van der Waals surface area contributed by atoms with Gasteiger partial charge in [0, 0.05) is 0 Å². The molecule has 17 heavy (non-hydrogen) atoms. The maximum Gasteiger partial charge on any atom is 0.328 e. The predicted octanol–water partition coefficient (Wildman–Crippen LogP) is 1.88. The number of rotatable bonds is 3. The van der Waals surface area contributed by atoms with Gasteiger partial charge in [-0.2, -0.15) is 0 Å². The number of methoxy groups -OCH3 is 1. The van der Waals surface area contributed by atoms with Crippen LogP contribution in [0.1, 0.15) is 17.3 Å². The number of carbonyl (C=O) groups excluding carboxylic acids is 2. The number of halogens is 2. The summed E-state index contributed by atoms with van der Waals surface area (Å²) < 4.78 is 18.2. The molecular formula is C11H11BrFNO3. The van der Waals surface area contributed by atoms with Crippen LogP contribution in [-0.4, -0.2) is 25.0 Å². The van der Waals surface area contributed by atoms with Gasteiger partial charge in [0.05, 0.1) is 17.1 Å². The predicted molar refractivity (Wildman–Crippen MR) is 63.0 cm³/mol. The van der Waals surface area contributed by atoms with E-state index >= 15 is 0 Å². The summed E-state index contributed by atoms with van der Waals surface area (Å²) in [6, 6.07) is 3.52. The molecule has 1 N–H and O–H groups in total. The van der Waals surface area contributed by atoms with Crippen LogP contribution in [0.2, 0.25) is 0 Å². The van der Waals surface area contributed by atoms with Gasteiger partial charge in [0.2, 0.25) is 0 Å². The minimum absolute atomic E-state index is 0.130. The average molecular weight is 304 g/mol. The molecule has 1 atom stereocenters. The van der Waals surface area contributed by atoms with Gasteiger partial charge in [0.1, 0.15) is 11.9 Å². The third kappa shape index (κ3) is 3.26. The Morgan fingerprint density at radius 3 is 2.71 bits per heavy atom. The fourth-order valence-electron chi connectivity index (χ4n) is 1.19. The number of amides is 1. The first-order valence-corrected chi connectivity index (χ1v) is 5.59. The minimum Gasteiger partial charge on any atom is -0.467 e. The molecule has 0 saturated carbocycles. The summed E-state index contributed by atoms with van der Waals surface area (Å²) >= 11 is 2.98. The van der Waals surface area contributed by atoms with Crippen molar-refractivity contribution in [1.29, 1.82) is 0 Å². The molecule has 0 aliphatic heterocycles. The van der Waals surface area contributed by atoms with E-state index in [2.05, 4.69) is 26.0 Å². The lowest BCUT2D eigenvalue weighted by molar-refractivity contribution is -0.142. The lowest BCUT2D eigenvalue weighted by atomic mass is 10.2. The molecule has 0 heterocycles. The third-order valence-corrected chi connectivity index (χ3v) is 2.71. The topological polar surface area (TPSA) is 55.4 Å². The fourth-order valence-corrected chi connectivity index (χ4v) is 1.56. The van der Waals surface area contributed by atoms with Crippen LogP contribution in [0.4, 0.5) is 4.39 Å². The molecule has 0 radical (unpaired) electrons. The molecule has 0 bridgehead atoms. The van der Waals surface area contributed by atoms with Crippen molar-refractivity contribution in [3.63, 3.8) is 0 Å². The first-order valence-electron chi connectivity index (χ1n) is 4.80. The third-order valence-electron chi connectivity index (χ3n) is 2.10. The minimum atomic E-state index is -0.828. The van der Waals surface area contributed by atoms with E-state index in [0.29, 0.717) is 0 Å². The largest absolute Gasteiger partial charge is 0.467 e. The molecule has 92 valence electrons. The molecule has 0 saturated heterocycles. The summed E-state index contributed by atoms with van der Waals surface area (Å²) in [5, 5.41) is 2.34. The monoisotopic (exact) mass is 303 g/mol. The molecule has 0 aliphatic rings. The highest BCUT2D eigenvalue weighted by Crippen LogP contribution is 2.18. The van der Waals surface area contributed by atoms with Crippen molar-refractivity contribution in [2.45, 2.75) is 13.0 Å². The molecule has 4 nitrogen and oxygen atoms in total. The van der Waals surface area contributed by atoms with Crippen LogP contribution in [-0.2, 0) is 9.53 Å². The summed E-state index contributed by atoms with van der Waals surface area (Å²) in [6.07, 6.45) is 0. The lowest BCUT2D eigenvalue weighted by Gasteiger charge is -2.12. The van der Waals surface area contributed by atoms with E-state index < -0.39 is 23.7 Å². The summed E-state index contributed by atoms with van der Waals surface area (Å²) in [6.45, 7) is 1.46. The van der Waals surface area contributed by atoms with Gasteiger partial charge >= 0.3 is 5.97 Å². The SMILES string of the molecule is COC(=O)[C@H](C)NC(=O)c1cccc(Br)c1F. The normalized spacial score (nSPS) is 11.8. The number of carbonyl (C=O) groups is 2. The lowest BCUT2D eigenvalue weighted by Crippen LogP contribution is -2.39. The van der Waals surface area contributed by atoms with Gasteiger partial charge in [0.25, 0.3) is 5.91 Å². The van der Waals surface area contributed by atoms with Gasteiger partial charge in [-0.25, -0.2) is 9.18 Å². The van der Waals surface area contributed by atoms with Crippen molar-refractivity contribution < 1.29 is 18.7 Å². The van der Waals surface area contributed by atoms with Crippen molar-refractivity contribution in [2.75, 3.05) is 7.11 Å². The second kappa shape index (κ2) is 5.77. The van der Waals surface area contributed by atoms with Gasteiger partial charge in [-0.1, -0.05) is 6.07 Å². The maximum absolute atomic E-state index is 13.6.